The molecule has 4 rings (SSSR count). The van der Waals surface area contributed by atoms with E-state index < -0.39 is 15.8 Å². The molecular weight excluding hydrogens is 486 g/mol. The van der Waals surface area contributed by atoms with Crippen LogP contribution in [0.15, 0.2) is 41.4 Å². The first-order valence-corrected chi connectivity index (χ1v) is 11.9. The van der Waals surface area contributed by atoms with E-state index in [0.29, 0.717) is 18.4 Å². The van der Waals surface area contributed by atoms with Gasteiger partial charge in [0.05, 0.1) is 22.4 Å². The van der Waals surface area contributed by atoms with Crippen LogP contribution in [-0.4, -0.2) is 35.3 Å². The van der Waals surface area contributed by atoms with Crippen molar-refractivity contribution in [2.45, 2.75) is 41.4 Å². The lowest BCUT2D eigenvalue weighted by Gasteiger charge is -2.37. The molecule has 2 aromatic rings. The first-order chi connectivity index (χ1) is 12.4. The van der Waals surface area contributed by atoms with E-state index in [9.17, 15) is 8.42 Å². The van der Waals surface area contributed by atoms with E-state index in [1.54, 1.807) is 18.3 Å². The first kappa shape index (κ1) is 18.7. The smallest absolute Gasteiger partial charge is 0.267 e. The van der Waals surface area contributed by atoms with Gasteiger partial charge in [-0.3, -0.25) is 0 Å². The number of aromatic nitrogens is 1. The second kappa shape index (κ2) is 6.74. The highest BCUT2D eigenvalue weighted by Crippen LogP contribution is 2.48. The molecule has 1 spiro atoms. The molecule has 1 aliphatic carbocycles. The number of hydrogen-bond acceptors (Lipinski definition) is 4. The summed E-state index contributed by atoms with van der Waals surface area (Å²) in [5.41, 5.74) is 2.55. The SMILES string of the molecule is Cc1ccc(S(=O)(=O)n2ccc3c2CCC(Br)C32OCC(CBr)O2)cc1. The molecule has 0 saturated carbocycles. The van der Waals surface area contributed by atoms with E-state index >= 15 is 0 Å². The Morgan fingerprint density at radius 3 is 2.65 bits per heavy atom. The molecule has 0 radical (unpaired) electrons. The number of ether oxygens (including phenoxy) is 2. The van der Waals surface area contributed by atoms with Crippen LogP contribution in [0.1, 0.15) is 23.2 Å². The van der Waals surface area contributed by atoms with E-state index in [2.05, 4.69) is 31.9 Å². The summed E-state index contributed by atoms with van der Waals surface area (Å²) in [6, 6.07) is 8.72. The number of aryl methyl sites for hydroxylation is 1. The topological polar surface area (TPSA) is 57.5 Å². The molecule has 1 aliphatic heterocycles. The summed E-state index contributed by atoms with van der Waals surface area (Å²) in [6.07, 6.45) is 2.92. The summed E-state index contributed by atoms with van der Waals surface area (Å²) in [7, 11) is -3.66. The van der Waals surface area contributed by atoms with Crippen molar-refractivity contribution >= 4 is 41.9 Å². The Labute approximate surface area is 170 Å². The molecule has 3 atom stereocenters. The Bertz CT molecular complexity index is 925. The van der Waals surface area contributed by atoms with E-state index in [1.807, 2.05) is 25.1 Å². The molecule has 0 N–H and O–H groups in total. The Balaban J connectivity index is 1.80. The lowest BCUT2D eigenvalue weighted by atomic mass is 9.91. The second-order valence-corrected chi connectivity index (χ2v) is 10.2. The van der Waals surface area contributed by atoms with Crippen molar-refractivity contribution in [3.63, 3.8) is 0 Å². The van der Waals surface area contributed by atoms with Crippen molar-refractivity contribution in [3.05, 3.63) is 53.3 Å². The Kier molecular flexibility index (Phi) is 4.84. The van der Waals surface area contributed by atoms with Gasteiger partial charge in [-0.15, -0.1) is 0 Å². The average Bonchev–Trinajstić information content (AvgIpc) is 3.25. The fourth-order valence-corrected chi connectivity index (χ4v) is 6.04. The van der Waals surface area contributed by atoms with Gasteiger partial charge >= 0.3 is 0 Å². The number of rotatable bonds is 3. The van der Waals surface area contributed by atoms with Gasteiger partial charge in [0.25, 0.3) is 10.0 Å². The molecule has 3 unspecified atom stereocenters. The van der Waals surface area contributed by atoms with Gasteiger partial charge in [0.1, 0.15) is 0 Å². The van der Waals surface area contributed by atoms with Crippen LogP contribution < -0.4 is 0 Å². The third kappa shape index (κ3) is 2.81. The van der Waals surface area contributed by atoms with Gasteiger partial charge in [-0.05, 0) is 38.0 Å². The molecule has 0 amide bonds. The predicted octanol–water partition coefficient (Wildman–Crippen LogP) is 3.71. The van der Waals surface area contributed by atoms with Gasteiger partial charge in [-0.1, -0.05) is 49.6 Å². The van der Waals surface area contributed by atoms with Gasteiger partial charge < -0.3 is 9.47 Å². The molecule has 2 aliphatic rings. The standard InChI is InChI=1S/C18H19Br2NO4S/c1-12-2-4-14(5-3-12)26(22,23)21-9-8-15-16(21)6-7-17(20)18(15)24-11-13(10-19)25-18/h2-5,8-9,13,17H,6-7,10-11H2,1H3. The maximum atomic E-state index is 13.1. The van der Waals surface area contributed by atoms with Crippen LogP contribution in [0.4, 0.5) is 0 Å². The number of benzene rings is 1. The van der Waals surface area contributed by atoms with Crippen molar-refractivity contribution in [2.75, 3.05) is 11.9 Å². The van der Waals surface area contributed by atoms with Crippen LogP contribution in [0.5, 0.6) is 0 Å². The monoisotopic (exact) mass is 503 g/mol. The highest BCUT2D eigenvalue weighted by molar-refractivity contribution is 9.09. The molecule has 1 fully saturated rings. The van der Waals surface area contributed by atoms with Gasteiger partial charge in [-0.25, -0.2) is 12.4 Å². The average molecular weight is 505 g/mol. The molecule has 8 heteroatoms. The van der Waals surface area contributed by atoms with Gasteiger partial charge in [0.2, 0.25) is 5.79 Å². The maximum absolute atomic E-state index is 13.1. The molecule has 0 bridgehead atoms. The normalized spacial score (nSPS) is 28.4. The second-order valence-electron chi connectivity index (χ2n) is 6.67. The maximum Gasteiger partial charge on any atom is 0.267 e. The van der Waals surface area contributed by atoms with Gasteiger partial charge in [0, 0.05) is 22.8 Å². The number of nitrogens with zero attached hydrogens (tertiary/aromatic N) is 1. The Morgan fingerprint density at radius 1 is 1.27 bits per heavy atom. The minimum Gasteiger partial charge on any atom is -0.342 e. The van der Waals surface area contributed by atoms with E-state index in [-0.39, 0.29) is 15.8 Å². The Hall–Kier alpha value is -0.670. The first-order valence-electron chi connectivity index (χ1n) is 8.43. The van der Waals surface area contributed by atoms with Gasteiger partial charge in [-0.2, -0.15) is 0 Å². The van der Waals surface area contributed by atoms with Gasteiger partial charge in [0.15, 0.2) is 0 Å². The number of halogens is 2. The molecule has 5 nitrogen and oxygen atoms in total. The van der Waals surface area contributed by atoms with Crippen LogP contribution in [0, 0.1) is 6.92 Å². The summed E-state index contributed by atoms with van der Waals surface area (Å²) < 4.78 is 39.9. The fourth-order valence-electron chi connectivity index (χ4n) is 3.59. The molecule has 26 heavy (non-hydrogen) atoms. The third-order valence-corrected chi connectivity index (χ3v) is 8.46. The zero-order chi connectivity index (χ0) is 18.5. The fraction of sp³-hybridized carbons (Fsp3) is 0.444. The van der Waals surface area contributed by atoms with Crippen molar-refractivity contribution in [2.24, 2.45) is 0 Å². The van der Waals surface area contributed by atoms with E-state index in [4.69, 9.17) is 9.47 Å². The lowest BCUT2D eigenvalue weighted by molar-refractivity contribution is -0.177. The van der Waals surface area contributed by atoms with E-state index in [0.717, 1.165) is 23.2 Å². The van der Waals surface area contributed by atoms with Crippen LogP contribution >= 0.6 is 31.9 Å². The lowest BCUT2D eigenvalue weighted by Crippen LogP contribution is -2.42. The zero-order valence-corrected chi connectivity index (χ0v) is 18.2. The third-order valence-electron chi connectivity index (χ3n) is 4.95. The van der Waals surface area contributed by atoms with E-state index in [1.165, 1.54) is 3.97 Å². The number of hydrogen-bond donors (Lipinski definition) is 0. The van der Waals surface area contributed by atoms with Crippen molar-refractivity contribution in [1.29, 1.82) is 0 Å². The molecule has 1 saturated heterocycles. The Morgan fingerprint density at radius 2 is 2.00 bits per heavy atom. The minimum atomic E-state index is -3.66. The van der Waals surface area contributed by atoms with Crippen LogP contribution in [0.3, 0.4) is 0 Å². The quantitative estimate of drug-likeness (QED) is 0.598. The van der Waals surface area contributed by atoms with Crippen molar-refractivity contribution < 1.29 is 17.9 Å². The highest BCUT2D eigenvalue weighted by Gasteiger charge is 2.52. The molecule has 1 aromatic heterocycles. The minimum absolute atomic E-state index is 0.0236. The molecular formula is C18H19Br2NO4S. The highest BCUT2D eigenvalue weighted by atomic mass is 79.9. The van der Waals surface area contributed by atoms with Crippen LogP contribution in [0.2, 0.25) is 0 Å². The predicted molar refractivity (Wildman–Crippen MR) is 106 cm³/mol. The van der Waals surface area contributed by atoms with Crippen LogP contribution in [0.25, 0.3) is 0 Å². The summed E-state index contributed by atoms with van der Waals surface area (Å²) in [5.74, 6) is -0.930. The van der Waals surface area contributed by atoms with Crippen LogP contribution in [-0.2, 0) is 31.7 Å². The van der Waals surface area contributed by atoms with Crippen molar-refractivity contribution in [1.82, 2.24) is 3.97 Å². The summed E-state index contributed by atoms with van der Waals surface area (Å²) >= 11 is 7.13. The largest absolute Gasteiger partial charge is 0.342 e. The molecule has 1 aromatic carbocycles. The number of fused-ring (bicyclic) bond motifs is 2. The summed E-state index contributed by atoms with van der Waals surface area (Å²) in [6.45, 7) is 2.41. The summed E-state index contributed by atoms with van der Waals surface area (Å²) in [4.78, 5) is 0.257. The molecule has 140 valence electrons. The zero-order valence-electron chi connectivity index (χ0n) is 14.2. The summed E-state index contributed by atoms with van der Waals surface area (Å²) in [5, 5.41) is 0.673. The molecule has 2 heterocycles. The number of alkyl halides is 2. The van der Waals surface area contributed by atoms with Crippen molar-refractivity contribution in [3.8, 4) is 0 Å².